The molecule has 1 aromatic rings. The lowest BCUT2D eigenvalue weighted by Gasteiger charge is -2.47. The molecule has 7 heteroatoms. The van der Waals surface area contributed by atoms with Crippen molar-refractivity contribution in [3.63, 3.8) is 0 Å². The van der Waals surface area contributed by atoms with Gasteiger partial charge in [-0.1, -0.05) is 23.7 Å². The second-order valence-corrected chi connectivity index (χ2v) is 7.31. The highest BCUT2D eigenvalue weighted by molar-refractivity contribution is 6.30. The average Bonchev–Trinajstić information content (AvgIpc) is 2.51. The molecule has 2 atom stereocenters. The van der Waals surface area contributed by atoms with E-state index in [1.165, 1.54) is 0 Å². The fourth-order valence-electron chi connectivity index (χ4n) is 3.38. The Morgan fingerprint density at radius 2 is 1.92 bits per heavy atom. The summed E-state index contributed by atoms with van der Waals surface area (Å²) in [5, 5.41) is 31.0. The van der Waals surface area contributed by atoms with Gasteiger partial charge in [-0.25, -0.2) is 0 Å². The van der Waals surface area contributed by atoms with Crippen LogP contribution in [0.4, 0.5) is 0 Å². The standard InChI is InChI=1S/C17H23ClN2O4/c18-13-3-1-12(2-4-13)7-16(23)20-6-5-15(22)17(24,11-20)10-19-8-14(21)9-19/h1-4,14-15,21-22,24H,5-11H2/t15-,17+/m0/s1. The molecule has 1 aromatic carbocycles. The van der Waals surface area contributed by atoms with Gasteiger partial charge in [-0.15, -0.1) is 0 Å². The second-order valence-electron chi connectivity index (χ2n) is 6.87. The van der Waals surface area contributed by atoms with Crippen molar-refractivity contribution in [3.8, 4) is 0 Å². The molecule has 2 fully saturated rings. The van der Waals surface area contributed by atoms with Gasteiger partial charge in [0, 0.05) is 31.2 Å². The number of likely N-dealkylation sites (tertiary alicyclic amines) is 2. The van der Waals surface area contributed by atoms with E-state index in [0.717, 1.165) is 5.56 Å². The van der Waals surface area contributed by atoms with E-state index in [1.54, 1.807) is 17.0 Å². The summed E-state index contributed by atoms with van der Waals surface area (Å²) in [6.45, 7) is 1.78. The van der Waals surface area contributed by atoms with Crippen LogP contribution in [0.2, 0.25) is 5.02 Å². The highest BCUT2D eigenvalue weighted by atomic mass is 35.5. The summed E-state index contributed by atoms with van der Waals surface area (Å²) in [5.41, 5.74) is -0.487. The fourth-order valence-corrected chi connectivity index (χ4v) is 3.50. The molecule has 0 radical (unpaired) electrons. The van der Waals surface area contributed by atoms with Crippen LogP contribution in [-0.2, 0) is 11.2 Å². The maximum Gasteiger partial charge on any atom is 0.227 e. The first-order chi connectivity index (χ1) is 11.4. The van der Waals surface area contributed by atoms with Gasteiger partial charge in [0.15, 0.2) is 0 Å². The summed E-state index contributed by atoms with van der Waals surface area (Å²) in [4.78, 5) is 16.0. The Morgan fingerprint density at radius 1 is 1.25 bits per heavy atom. The minimum Gasteiger partial charge on any atom is -0.390 e. The van der Waals surface area contributed by atoms with Crippen LogP contribution in [0.3, 0.4) is 0 Å². The summed E-state index contributed by atoms with van der Waals surface area (Å²) in [6, 6.07) is 7.12. The maximum absolute atomic E-state index is 12.5. The van der Waals surface area contributed by atoms with Crippen LogP contribution >= 0.6 is 11.6 Å². The molecule has 0 unspecified atom stereocenters. The Balaban J connectivity index is 1.61. The first-order valence-corrected chi connectivity index (χ1v) is 8.56. The zero-order valence-corrected chi connectivity index (χ0v) is 14.2. The van der Waals surface area contributed by atoms with Crippen molar-refractivity contribution in [3.05, 3.63) is 34.9 Å². The minimum atomic E-state index is -1.35. The first kappa shape index (κ1) is 17.6. The molecule has 2 aliphatic rings. The van der Waals surface area contributed by atoms with E-state index in [0.29, 0.717) is 31.1 Å². The molecule has 0 aromatic heterocycles. The molecular weight excluding hydrogens is 332 g/mol. The van der Waals surface area contributed by atoms with Gasteiger partial charge in [-0.3, -0.25) is 9.69 Å². The van der Waals surface area contributed by atoms with Crippen molar-refractivity contribution in [2.45, 2.75) is 30.7 Å². The Bertz CT molecular complexity index is 591. The van der Waals surface area contributed by atoms with Crippen LogP contribution in [0.25, 0.3) is 0 Å². The molecule has 24 heavy (non-hydrogen) atoms. The summed E-state index contributed by atoms with van der Waals surface area (Å²) in [5.74, 6) is -0.0775. The van der Waals surface area contributed by atoms with Gasteiger partial charge in [-0.2, -0.15) is 0 Å². The van der Waals surface area contributed by atoms with E-state index >= 15 is 0 Å². The number of β-amino-alcohol motifs (C(OH)–C–C–N with tert-alkyl or cyclic N) is 2. The third-order valence-corrected chi connectivity index (χ3v) is 5.07. The van der Waals surface area contributed by atoms with Crippen molar-refractivity contribution in [1.29, 1.82) is 0 Å². The zero-order chi connectivity index (χ0) is 17.3. The maximum atomic E-state index is 12.5. The topological polar surface area (TPSA) is 84.2 Å². The van der Waals surface area contributed by atoms with Crippen LogP contribution < -0.4 is 0 Å². The van der Waals surface area contributed by atoms with Crippen molar-refractivity contribution >= 4 is 17.5 Å². The van der Waals surface area contributed by atoms with Gasteiger partial charge >= 0.3 is 0 Å². The Morgan fingerprint density at radius 3 is 2.54 bits per heavy atom. The third kappa shape index (κ3) is 3.90. The lowest BCUT2D eigenvalue weighted by molar-refractivity contribution is -0.162. The van der Waals surface area contributed by atoms with Gasteiger partial charge < -0.3 is 20.2 Å². The highest BCUT2D eigenvalue weighted by Crippen LogP contribution is 2.25. The van der Waals surface area contributed by atoms with Gasteiger partial charge in [0.2, 0.25) is 5.91 Å². The number of rotatable bonds is 4. The molecule has 0 saturated carbocycles. The molecular formula is C17H23ClN2O4. The van der Waals surface area contributed by atoms with Crippen LogP contribution in [-0.4, -0.2) is 81.6 Å². The Hall–Kier alpha value is -1.18. The van der Waals surface area contributed by atoms with Gasteiger partial charge in [-0.05, 0) is 24.1 Å². The van der Waals surface area contributed by atoms with Crippen molar-refractivity contribution < 1.29 is 20.1 Å². The molecule has 6 nitrogen and oxygen atoms in total. The van der Waals surface area contributed by atoms with Crippen molar-refractivity contribution in [2.24, 2.45) is 0 Å². The summed E-state index contributed by atoms with van der Waals surface area (Å²) in [6.07, 6.45) is -0.641. The van der Waals surface area contributed by atoms with E-state index in [9.17, 15) is 20.1 Å². The number of carbonyl (C=O) groups excluding carboxylic acids is 1. The molecule has 132 valence electrons. The molecule has 2 saturated heterocycles. The molecule has 0 aliphatic carbocycles. The largest absolute Gasteiger partial charge is 0.390 e. The average molecular weight is 355 g/mol. The van der Waals surface area contributed by atoms with Gasteiger partial charge in [0.05, 0.1) is 25.2 Å². The number of hydrogen-bond acceptors (Lipinski definition) is 5. The summed E-state index contributed by atoms with van der Waals surface area (Å²) in [7, 11) is 0. The van der Waals surface area contributed by atoms with Crippen LogP contribution in [0.15, 0.2) is 24.3 Å². The SMILES string of the molecule is O=C(Cc1ccc(Cl)cc1)N1CC[C@H](O)[C@@](O)(CN2CC(O)C2)C1. The van der Waals surface area contributed by atoms with E-state index in [-0.39, 0.29) is 31.5 Å². The molecule has 3 rings (SSSR count). The van der Waals surface area contributed by atoms with E-state index in [4.69, 9.17) is 11.6 Å². The predicted molar refractivity (Wildman–Crippen MR) is 89.8 cm³/mol. The normalized spacial score (nSPS) is 28.7. The number of aliphatic hydroxyl groups excluding tert-OH is 2. The highest BCUT2D eigenvalue weighted by Gasteiger charge is 2.45. The van der Waals surface area contributed by atoms with E-state index < -0.39 is 11.7 Å². The number of hydrogen-bond donors (Lipinski definition) is 3. The Labute approximate surface area is 146 Å². The third-order valence-electron chi connectivity index (χ3n) is 4.81. The fraction of sp³-hybridized carbons (Fsp3) is 0.588. The smallest absolute Gasteiger partial charge is 0.227 e. The molecule has 2 heterocycles. The monoisotopic (exact) mass is 354 g/mol. The number of nitrogens with zero attached hydrogens (tertiary/aromatic N) is 2. The number of benzene rings is 1. The lowest BCUT2D eigenvalue weighted by Crippen LogP contribution is -2.66. The van der Waals surface area contributed by atoms with Crippen LogP contribution in [0.1, 0.15) is 12.0 Å². The quantitative estimate of drug-likeness (QED) is 0.702. The Kier molecular flexibility index (Phi) is 5.13. The van der Waals surface area contributed by atoms with Gasteiger partial charge in [0.1, 0.15) is 5.60 Å². The van der Waals surface area contributed by atoms with Gasteiger partial charge in [0.25, 0.3) is 0 Å². The van der Waals surface area contributed by atoms with Crippen LogP contribution in [0, 0.1) is 0 Å². The number of halogens is 1. The molecule has 0 bridgehead atoms. The second kappa shape index (κ2) is 6.98. The van der Waals surface area contributed by atoms with Crippen molar-refractivity contribution in [1.82, 2.24) is 9.80 Å². The minimum absolute atomic E-state index is 0.0775. The molecule has 2 aliphatic heterocycles. The number of amides is 1. The first-order valence-electron chi connectivity index (χ1n) is 8.19. The van der Waals surface area contributed by atoms with Crippen LogP contribution in [0.5, 0.6) is 0 Å². The van der Waals surface area contributed by atoms with E-state index in [2.05, 4.69) is 0 Å². The zero-order valence-electron chi connectivity index (χ0n) is 13.4. The molecule has 3 N–H and O–H groups in total. The number of carbonyl (C=O) groups is 1. The molecule has 1 amide bonds. The van der Waals surface area contributed by atoms with E-state index in [1.807, 2.05) is 17.0 Å². The number of piperidine rings is 1. The number of aliphatic hydroxyl groups is 3. The predicted octanol–water partition coefficient (Wildman–Crippen LogP) is -0.117. The summed E-state index contributed by atoms with van der Waals surface area (Å²) >= 11 is 5.85. The summed E-state index contributed by atoms with van der Waals surface area (Å²) < 4.78 is 0. The molecule has 0 spiro atoms. The lowest BCUT2D eigenvalue weighted by atomic mass is 9.87. The van der Waals surface area contributed by atoms with Crippen molar-refractivity contribution in [2.75, 3.05) is 32.7 Å².